The fraction of sp³-hybridized carbons (Fsp3) is 0.250. The summed E-state index contributed by atoms with van der Waals surface area (Å²) in [5, 5.41) is 6.99. The second-order valence-corrected chi connectivity index (χ2v) is 4.69. The van der Waals surface area contributed by atoms with Gasteiger partial charge in [0.25, 0.3) is 0 Å². The minimum absolute atomic E-state index is 0.0367. The van der Waals surface area contributed by atoms with Crippen molar-refractivity contribution in [2.45, 2.75) is 19.4 Å². The van der Waals surface area contributed by atoms with Crippen molar-refractivity contribution in [3.05, 3.63) is 34.9 Å². The van der Waals surface area contributed by atoms with E-state index in [0.717, 1.165) is 23.3 Å². The molecule has 0 spiro atoms. The third-order valence-corrected chi connectivity index (χ3v) is 3.29. The third kappa shape index (κ3) is 2.80. The molecule has 0 aliphatic rings. The first kappa shape index (κ1) is 12.0. The van der Waals surface area contributed by atoms with E-state index in [1.807, 2.05) is 18.4 Å². The summed E-state index contributed by atoms with van der Waals surface area (Å²) in [5.74, 6) is 0.772. The van der Waals surface area contributed by atoms with E-state index in [2.05, 4.69) is 16.8 Å². The number of hydrogen-bond donors (Lipinski definition) is 1. The van der Waals surface area contributed by atoms with Gasteiger partial charge in [-0.25, -0.2) is 0 Å². The second-order valence-electron chi connectivity index (χ2n) is 3.91. The number of amides is 1. The van der Waals surface area contributed by atoms with E-state index in [-0.39, 0.29) is 11.8 Å². The predicted molar refractivity (Wildman–Crippen MR) is 72.1 cm³/mol. The Hall–Kier alpha value is -1.49. The second kappa shape index (κ2) is 5.23. The molecular formula is C12H14BNO2S. The van der Waals surface area contributed by atoms with Crippen LogP contribution in [0.3, 0.4) is 0 Å². The summed E-state index contributed by atoms with van der Waals surface area (Å²) >= 11 is 1.66. The van der Waals surface area contributed by atoms with E-state index in [0.29, 0.717) is 0 Å². The van der Waals surface area contributed by atoms with E-state index < -0.39 is 0 Å². The van der Waals surface area contributed by atoms with Crippen LogP contribution in [0.2, 0.25) is 0 Å². The molecule has 0 aliphatic carbocycles. The zero-order valence-electron chi connectivity index (χ0n) is 9.90. The van der Waals surface area contributed by atoms with Crippen LogP contribution in [0, 0.1) is 0 Å². The Labute approximate surface area is 105 Å². The summed E-state index contributed by atoms with van der Waals surface area (Å²) in [5.41, 5.74) is 2.22. The molecule has 0 fully saturated rings. The summed E-state index contributed by atoms with van der Waals surface area (Å²) < 4.78 is 5.53. The molecule has 0 aliphatic heterocycles. The molecule has 0 bridgehead atoms. The van der Waals surface area contributed by atoms with Crippen LogP contribution in [0.5, 0.6) is 0 Å². The number of carbonyl (C=O) groups is 1. The van der Waals surface area contributed by atoms with Crippen molar-refractivity contribution in [1.29, 1.82) is 0 Å². The smallest absolute Gasteiger partial charge is 0.215 e. The highest BCUT2D eigenvalue weighted by Gasteiger charge is 2.15. The molecule has 0 aromatic carbocycles. The predicted octanol–water partition coefficient (Wildman–Crippen LogP) is 2.80. The van der Waals surface area contributed by atoms with Crippen LogP contribution in [-0.2, 0) is 0 Å². The highest BCUT2D eigenvalue weighted by atomic mass is 32.1. The fourth-order valence-corrected chi connectivity index (χ4v) is 2.40. The molecule has 1 N–H and O–H groups in total. The summed E-state index contributed by atoms with van der Waals surface area (Å²) in [6.45, 7) is 2.02. The van der Waals surface area contributed by atoms with Gasteiger partial charge in [0.1, 0.15) is 5.76 Å². The fourth-order valence-electron chi connectivity index (χ4n) is 1.74. The number of carbonyl (C=O) groups excluding carboxylic acids is 1. The molecule has 2 rings (SSSR count). The standard InChI is InChI=1S/C12H14BNO2S/c1-2-10(14-12(13)15)11-5-9(6-16-11)8-3-4-17-7-8/h3-7,10H,2,13H2,1H3,(H,14,15). The van der Waals surface area contributed by atoms with Crippen molar-refractivity contribution in [2.24, 2.45) is 0 Å². The number of furan rings is 1. The maximum Gasteiger partial charge on any atom is 0.215 e. The van der Waals surface area contributed by atoms with Crippen LogP contribution < -0.4 is 5.32 Å². The minimum Gasteiger partial charge on any atom is -0.466 e. The molecule has 2 aromatic heterocycles. The van der Waals surface area contributed by atoms with Crippen molar-refractivity contribution in [3.63, 3.8) is 0 Å². The van der Waals surface area contributed by atoms with Crippen molar-refractivity contribution in [3.8, 4) is 11.1 Å². The Kier molecular flexibility index (Phi) is 3.69. The first-order chi connectivity index (χ1) is 8.20. The van der Waals surface area contributed by atoms with Crippen LogP contribution in [0.25, 0.3) is 11.1 Å². The van der Waals surface area contributed by atoms with Crippen molar-refractivity contribution < 1.29 is 9.21 Å². The Morgan fingerprint density at radius 1 is 1.59 bits per heavy atom. The summed E-state index contributed by atoms with van der Waals surface area (Å²) in [6, 6.07) is 4.00. The molecule has 1 amide bonds. The summed E-state index contributed by atoms with van der Waals surface area (Å²) in [6.07, 6.45) is 2.55. The number of hydrogen-bond acceptors (Lipinski definition) is 3. The largest absolute Gasteiger partial charge is 0.466 e. The zero-order valence-corrected chi connectivity index (χ0v) is 10.7. The lowest BCUT2D eigenvalue weighted by molar-refractivity contribution is 0.254. The first-order valence-electron chi connectivity index (χ1n) is 5.58. The third-order valence-electron chi connectivity index (χ3n) is 2.60. The van der Waals surface area contributed by atoms with Gasteiger partial charge in [-0.15, -0.1) is 0 Å². The van der Waals surface area contributed by atoms with Crippen molar-refractivity contribution in [1.82, 2.24) is 5.32 Å². The van der Waals surface area contributed by atoms with E-state index in [1.54, 1.807) is 17.6 Å². The molecule has 5 heteroatoms. The highest BCUT2D eigenvalue weighted by molar-refractivity contribution is 7.08. The lowest BCUT2D eigenvalue weighted by Gasteiger charge is -2.12. The molecule has 2 heterocycles. The van der Waals surface area contributed by atoms with Gasteiger partial charge in [-0.05, 0) is 34.9 Å². The number of thiophene rings is 1. The molecule has 17 heavy (non-hydrogen) atoms. The van der Waals surface area contributed by atoms with Crippen LogP contribution in [0.4, 0.5) is 4.79 Å². The van der Waals surface area contributed by atoms with Gasteiger partial charge in [-0.3, -0.25) is 4.79 Å². The van der Waals surface area contributed by atoms with Crippen LogP contribution >= 0.6 is 11.3 Å². The highest BCUT2D eigenvalue weighted by Crippen LogP contribution is 2.27. The molecule has 88 valence electrons. The Bertz CT molecular complexity index is 492. The maximum absolute atomic E-state index is 11.1. The monoisotopic (exact) mass is 247 g/mol. The van der Waals surface area contributed by atoms with Gasteiger partial charge >= 0.3 is 0 Å². The molecule has 0 radical (unpaired) electrons. The molecule has 1 atom stereocenters. The average molecular weight is 247 g/mol. The number of rotatable bonds is 4. The number of nitrogens with one attached hydrogen (secondary N) is 1. The molecule has 3 nitrogen and oxygen atoms in total. The van der Waals surface area contributed by atoms with Gasteiger partial charge in [-0.2, -0.15) is 11.3 Å². The van der Waals surface area contributed by atoms with Gasteiger partial charge < -0.3 is 9.73 Å². The average Bonchev–Trinajstić information content (AvgIpc) is 2.95. The van der Waals surface area contributed by atoms with E-state index >= 15 is 0 Å². The topological polar surface area (TPSA) is 42.2 Å². The van der Waals surface area contributed by atoms with Crippen LogP contribution in [-0.4, -0.2) is 13.7 Å². The van der Waals surface area contributed by atoms with Crippen LogP contribution in [0.15, 0.2) is 33.6 Å². The SMILES string of the molecule is BC(=O)NC(CC)c1cc(-c2ccsc2)co1. The van der Waals surface area contributed by atoms with E-state index in [4.69, 9.17) is 4.42 Å². The quantitative estimate of drug-likeness (QED) is 0.844. The van der Waals surface area contributed by atoms with Gasteiger partial charge in [-0.1, -0.05) is 6.92 Å². The maximum atomic E-state index is 11.1. The van der Waals surface area contributed by atoms with E-state index in [9.17, 15) is 4.79 Å². The van der Waals surface area contributed by atoms with Crippen molar-refractivity contribution in [2.75, 3.05) is 0 Å². The summed E-state index contributed by atoms with van der Waals surface area (Å²) in [7, 11) is 1.52. The molecule has 2 aromatic rings. The van der Waals surface area contributed by atoms with Gasteiger partial charge in [0.05, 0.1) is 12.3 Å². The minimum atomic E-state index is -0.0418. The van der Waals surface area contributed by atoms with Crippen molar-refractivity contribution >= 4 is 25.0 Å². The molecule has 1 unspecified atom stereocenters. The lowest BCUT2D eigenvalue weighted by Crippen LogP contribution is -2.26. The van der Waals surface area contributed by atoms with Gasteiger partial charge in [0.15, 0.2) is 5.81 Å². The molecule has 0 saturated heterocycles. The van der Waals surface area contributed by atoms with Gasteiger partial charge in [0, 0.05) is 5.56 Å². The first-order valence-corrected chi connectivity index (χ1v) is 6.53. The van der Waals surface area contributed by atoms with Crippen LogP contribution in [0.1, 0.15) is 25.1 Å². The Morgan fingerprint density at radius 3 is 3.00 bits per heavy atom. The van der Waals surface area contributed by atoms with E-state index in [1.165, 1.54) is 7.85 Å². The Morgan fingerprint density at radius 2 is 2.41 bits per heavy atom. The van der Waals surface area contributed by atoms with Gasteiger partial charge in [0.2, 0.25) is 7.85 Å². The normalized spacial score (nSPS) is 12.3. The lowest BCUT2D eigenvalue weighted by atomic mass is 10.1. The summed E-state index contributed by atoms with van der Waals surface area (Å²) in [4.78, 5) is 11.1. The molecule has 0 saturated carbocycles. The molecular weight excluding hydrogens is 233 g/mol. The Balaban J connectivity index is 2.19. The zero-order chi connectivity index (χ0) is 12.3.